The average molecular weight is 202 g/mol. The molecule has 84 valence electrons. The monoisotopic (exact) mass is 202 g/mol. The first-order valence-corrected chi connectivity index (χ1v) is 5.21. The molecule has 1 saturated heterocycles. The third-order valence-corrected chi connectivity index (χ3v) is 2.48. The summed E-state index contributed by atoms with van der Waals surface area (Å²) in [5, 5.41) is 9.96. The van der Waals surface area contributed by atoms with Crippen LogP contribution in [0.2, 0.25) is 0 Å². The molecule has 0 radical (unpaired) electrons. The SMILES string of the molecule is CC(C)[C@@H]1OC(C)(C)O[C@H]1C(C)(C)O. The third kappa shape index (κ3) is 2.47. The number of hydrogen-bond donors (Lipinski definition) is 1. The molecule has 0 saturated carbocycles. The predicted molar refractivity (Wildman–Crippen MR) is 55.0 cm³/mol. The van der Waals surface area contributed by atoms with Crippen molar-refractivity contribution in [1.82, 2.24) is 0 Å². The van der Waals surface area contributed by atoms with Gasteiger partial charge in [-0.25, -0.2) is 0 Å². The van der Waals surface area contributed by atoms with Gasteiger partial charge in [0.15, 0.2) is 5.79 Å². The Labute approximate surface area is 86.4 Å². The second kappa shape index (κ2) is 3.47. The van der Waals surface area contributed by atoms with Crippen molar-refractivity contribution >= 4 is 0 Å². The first-order valence-electron chi connectivity index (χ1n) is 5.21. The zero-order chi connectivity index (χ0) is 11.1. The summed E-state index contributed by atoms with van der Waals surface area (Å²) in [7, 11) is 0. The zero-order valence-corrected chi connectivity index (χ0v) is 10.00. The van der Waals surface area contributed by atoms with Crippen LogP contribution in [0.5, 0.6) is 0 Å². The fourth-order valence-electron chi connectivity index (χ4n) is 1.82. The molecule has 1 rings (SSSR count). The van der Waals surface area contributed by atoms with Crippen molar-refractivity contribution in [2.75, 3.05) is 0 Å². The molecule has 0 bridgehead atoms. The van der Waals surface area contributed by atoms with E-state index in [1.54, 1.807) is 13.8 Å². The standard InChI is InChI=1S/C11H22O3/c1-7(2)8-9(10(3,4)12)14-11(5,6)13-8/h7-9,12H,1-6H3/t8-,9+/m0/s1. The van der Waals surface area contributed by atoms with Crippen molar-refractivity contribution in [3.8, 4) is 0 Å². The molecule has 0 spiro atoms. The summed E-state index contributed by atoms with van der Waals surface area (Å²) in [6.07, 6.45) is -0.289. The molecule has 1 aliphatic rings. The summed E-state index contributed by atoms with van der Waals surface area (Å²) in [5.74, 6) is -0.243. The van der Waals surface area contributed by atoms with Gasteiger partial charge < -0.3 is 14.6 Å². The van der Waals surface area contributed by atoms with E-state index in [9.17, 15) is 5.11 Å². The van der Waals surface area contributed by atoms with E-state index in [-0.39, 0.29) is 12.2 Å². The van der Waals surface area contributed by atoms with Crippen LogP contribution in [0.3, 0.4) is 0 Å². The van der Waals surface area contributed by atoms with Gasteiger partial charge in [-0.2, -0.15) is 0 Å². The summed E-state index contributed by atoms with van der Waals surface area (Å²) < 4.78 is 11.5. The molecule has 1 N–H and O–H groups in total. The minimum absolute atomic E-state index is 0.0370. The van der Waals surface area contributed by atoms with E-state index >= 15 is 0 Å². The van der Waals surface area contributed by atoms with Gasteiger partial charge in [0.2, 0.25) is 0 Å². The molecule has 1 aliphatic heterocycles. The maximum atomic E-state index is 9.96. The molecule has 0 aromatic rings. The van der Waals surface area contributed by atoms with Crippen molar-refractivity contribution < 1.29 is 14.6 Å². The van der Waals surface area contributed by atoms with E-state index in [2.05, 4.69) is 13.8 Å². The Bertz CT molecular complexity index is 203. The molecule has 0 unspecified atom stereocenters. The quantitative estimate of drug-likeness (QED) is 0.743. The smallest absolute Gasteiger partial charge is 0.163 e. The minimum Gasteiger partial charge on any atom is -0.388 e. The van der Waals surface area contributed by atoms with Crippen LogP contribution in [-0.2, 0) is 9.47 Å². The molecule has 0 aliphatic carbocycles. The molecule has 0 aromatic heterocycles. The van der Waals surface area contributed by atoms with Gasteiger partial charge in [0.1, 0.15) is 6.10 Å². The van der Waals surface area contributed by atoms with E-state index < -0.39 is 11.4 Å². The minimum atomic E-state index is -0.858. The zero-order valence-electron chi connectivity index (χ0n) is 10.00. The number of rotatable bonds is 2. The van der Waals surface area contributed by atoms with Crippen molar-refractivity contribution in [2.45, 2.75) is 65.1 Å². The van der Waals surface area contributed by atoms with Gasteiger partial charge in [0.25, 0.3) is 0 Å². The van der Waals surface area contributed by atoms with Gasteiger partial charge in [-0.05, 0) is 33.6 Å². The average Bonchev–Trinajstić information content (AvgIpc) is 2.24. The van der Waals surface area contributed by atoms with Crippen LogP contribution in [0, 0.1) is 5.92 Å². The first kappa shape index (κ1) is 12.0. The van der Waals surface area contributed by atoms with Crippen molar-refractivity contribution in [3.05, 3.63) is 0 Å². The number of ether oxygens (including phenoxy) is 2. The van der Waals surface area contributed by atoms with Crippen LogP contribution in [0.25, 0.3) is 0 Å². The van der Waals surface area contributed by atoms with Gasteiger partial charge in [0.05, 0.1) is 11.7 Å². The Hall–Kier alpha value is -0.120. The highest BCUT2D eigenvalue weighted by atomic mass is 16.8. The highest BCUT2D eigenvalue weighted by Crippen LogP contribution is 2.36. The van der Waals surface area contributed by atoms with Gasteiger partial charge in [-0.1, -0.05) is 13.8 Å². The van der Waals surface area contributed by atoms with Crippen LogP contribution in [0.4, 0.5) is 0 Å². The Morgan fingerprint density at radius 1 is 1.21 bits per heavy atom. The normalized spacial score (nSPS) is 32.6. The summed E-state index contributed by atoms with van der Waals surface area (Å²) in [5.41, 5.74) is -0.858. The lowest BCUT2D eigenvalue weighted by molar-refractivity contribution is -0.166. The first-order chi connectivity index (χ1) is 6.13. The molecule has 1 heterocycles. The lowest BCUT2D eigenvalue weighted by Gasteiger charge is -2.30. The van der Waals surface area contributed by atoms with E-state index in [1.807, 2.05) is 13.8 Å². The number of aliphatic hydroxyl groups is 1. The molecule has 3 nitrogen and oxygen atoms in total. The van der Waals surface area contributed by atoms with E-state index in [4.69, 9.17) is 9.47 Å². The lowest BCUT2D eigenvalue weighted by Crippen LogP contribution is -2.45. The Morgan fingerprint density at radius 3 is 2.00 bits per heavy atom. The highest BCUT2D eigenvalue weighted by molar-refractivity contribution is 4.92. The highest BCUT2D eigenvalue weighted by Gasteiger charge is 2.48. The molecular formula is C11H22O3. The summed E-state index contributed by atoms with van der Waals surface area (Å²) in [6, 6.07) is 0. The molecular weight excluding hydrogens is 180 g/mol. The molecule has 14 heavy (non-hydrogen) atoms. The molecule has 0 aromatic carbocycles. The van der Waals surface area contributed by atoms with Gasteiger partial charge >= 0.3 is 0 Å². The molecule has 1 fully saturated rings. The van der Waals surface area contributed by atoms with Crippen LogP contribution >= 0.6 is 0 Å². The van der Waals surface area contributed by atoms with Gasteiger partial charge in [-0.15, -0.1) is 0 Å². The third-order valence-electron chi connectivity index (χ3n) is 2.48. The van der Waals surface area contributed by atoms with E-state index in [1.165, 1.54) is 0 Å². The van der Waals surface area contributed by atoms with Crippen molar-refractivity contribution in [3.63, 3.8) is 0 Å². The van der Waals surface area contributed by atoms with Crippen LogP contribution < -0.4 is 0 Å². The molecule has 0 amide bonds. The van der Waals surface area contributed by atoms with E-state index in [0.717, 1.165) is 0 Å². The maximum absolute atomic E-state index is 9.96. The molecule has 2 atom stereocenters. The van der Waals surface area contributed by atoms with Gasteiger partial charge in [0, 0.05) is 0 Å². The van der Waals surface area contributed by atoms with Crippen LogP contribution in [0.1, 0.15) is 41.5 Å². The second-order valence-electron chi connectivity index (χ2n) is 5.42. The largest absolute Gasteiger partial charge is 0.388 e. The fraction of sp³-hybridized carbons (Fsp3) is 1.00. The number of hydrogen-bond acceptors (Lipinski definition) is 3. The van der Waals surface area contributed by atoms with Crippen molar-refractivity contribution in [1.29, 1.82) is 0 Å². The van der Waals surface area contributed by atoms with E-state index in [0.29, 0.717) is 5.92 Å². The summed E-state index contributed by atoms with van der Waals surface area (Å²) in [6.45, 7) is 11.4. The second-order valence-corrected chi connectivity index (χ2v) is 5.42. The lowest BCUT2D eigenvalue weighted by atomic mass is 9.91. The van der Waals surface area contributed by atoms with Gasteiger partial charge in [-0.3, -0.25) is 0 Å². The van der Waals surface area contributed by atoms with Crippen LogP contribution in [0.15, 0.2) is 0 Å². The van der Waals surface area contributed by atoms with Crippen LogP contribution in [-0.4, -0.2) is 28.7 Å². The Morgan fingerprint density at radius 2 is 1.71 bits per heavy atom. The topological polar surface area (TPSA) is 38.7 Å². The Kier molecular flexibility index (Phi) is 2.96. The van der Waals surface area contributed by atoms with Crippen molar-refractivity contribution in [2.24, 2.45) is 5.92 Å². The predicted octanol–water partition coefficient (Wildman–Crippen LogP) is 1.93. The summed E-state index contributed by atoms with van der Waals surface area (Å²) >= 11 is 0. The summed E-state index contributed by atoms with van der Waals surface area (Å²) in [4.78, 5) is 0. The fourth-order valence-corrected chi connectivity index (χ4v) is 1.82. The Balaban J connectivity index is 2.83. The maximum Gasteiger partial charge on any atom is 0.163 e. The molecule has 3 heteroatoms.